The van der Waals surface area contributed by atoms with E-state index in [4.69, 9.17) is 0 Å². The summed E-state index contributed by atoms with van der Waals surface area (Å²) in [5.74, 6) is -0.209. The van der Waals surface area contributed by atoms with E-state index in [0.717, 1.165) is 10.0 Å². The highest BCUT2D eigenvalue weighted by atomic mass is 79.9. The summed E-state index contributed by atoms with van der Waals surface area (Å²) in [5.41, 5.74) is 0.957. The number of imide groups is 1. The van der Waals surface area contributed by atoms with E-state index >= 15 is 0 Å². The van der Waals surface area contributed by atoms with Gasteiger partial charge in [0.2, 0.25) is 11.8 Å². The van der Waals surface area contributed by atoms with Crippen LogP contribution in [0.25, 0.3) is 0 Å². The highest BCUT2D eigenvalue weighted by Gasteiger charge is 2.48. The molecule has 1 aromatic rings. The SMILES string of the molecule is Cc1cc(N2C(=O)[C@H]3CC=CC[C@H]3C2=O)ncc1Br. The van der Waals surface area contributed by atoms with Crippen LogP contribution in [-0.2, 0) is 9.59 Å². The fraction of sp³-hybridized carbons (Fsp3) is 0.357. The minimum atomic E-state index is -0.205. The Morgan fingerprint density at radius 2 is 1.79 bits per heavy atom. The van der Waals surface area contributed by atoms with Crippen LogP contribution in [0.2, 0.25) is 0 Å². The van der Waals surface area contributed by atoms with Gasteiger partial charge in [-0.3, -0.25) is 9.59 Å². The Hall–Kier alpha value is -1.49. The number of rotatable bonds is 1. The molecule has 1 aliphatic carbocycles. The van der Waals surface area contributed by atoms with Crippen molar-refractivity contribution < 1.29 is 9.59 Å². The number of pyridine rings is 1. The van der Waals surface area contributed by atoms with Crippen molar-refractivity contribution in [2.24, 2.45) is 11.8 Å². The fourth-order valence-corrected chi connectivity index (χ4v) is 2.89. The minimum Gasteiger partial charge on any atom is -0.274 e. The Bertz CT molecular complexity index is 571. The van der Waals surface area contributed by atoms with Gasteiger partial charge in [-0.25, -0.2) is 9.88 Å². The summed E-state index contributed by atoms with van der Waals surface area (Å²) in [5, 5.41) is 0. The third-order valence-electron chi connectivity index (χ3n) is 3.77. The molecule has 1 fully saturated rings. The molecule has 1 aromatic heterocycles. The van der Waals surface area contributed by atoms with Crippen molar-refractivity contribution >= 4 is 33.6 Å². The topological polar surface area (TPSA) is 50.3 Å². The second-order valence-corrected chi connectivity index (χ2v) is 5.81. The Kier molecular flexibility index (Phi) is 3.01. The zero-order chi connectivity index (χ0) is 13.6. The van der Waals surface area contributed by atoms with E-state index in [9.17, 15) is 9.59 Å². The van der Waals surface area contributed by atoms with Gasteiger partial charge in [-0.05, 0) is 47.3 Å². The number of hydrogen-bond donors (Lipinski definition) is 0. The number of carbonyl (C=O) groups excluding carboxylic acids is 2. The minimum absolute atomic E-state index is 0.117. The molecule has 19 heavy (non-hydrogen) atoms. The second-order valence-electron chi connectivity index (χ2n) is 4.96. The highest BCUT2D eigenvalue weighted by molar-refractivity contribution is 9.10. The predicted octanol–water partition coefficient (Wildman–Crippen LogP) is 2.61. The summed E-state index contributed by atoms with van der Waals surface area (Å²) >= 11 is 3.37. The molecular formula is C14H13BrN2O2. The van der Waals surface area contributed by atoms with E-state index in [0.29, 0.717) is 18.7 Å². The molecule has 0 bridgehead atoms. The maximum atomic E-state index is 12.4. The Morgan fingerprint density at radius 3 is 2.32 bits per heavy atom. The number of halogens is 1. The monoisotopic (exact) mass is 320 g/mol. The molecule has 0 radical (unpaired) electrons. The van der Waals surface area contributed by atoms with Crippen LogP contribution in [-0.4, -0.2) is 16.8 Å². The van der Waals surface area contributed by atoms with Crippen LogP contribution >= 0.6 is 15.9 Å². The van der Waals surface area contributed by atoms with Gasteiger partial charge in [0.1, 0.15) is 5.82 Å². The summed E-state index contributed by atoms with van der Waals surface area (Å²) in [6, 6.07) is 1.77. The highest BCUT2D eigenvalue weighted by Crippen LogP contribution is 2.37. The maximum absolute atomic E-state index is 12.4. The molecule has 5 heteroatoms. The quantitative estimate of drug-likeness (QED) is 0.590. The standard InChI is InChI=1S/C14H13BrN2O2/c1-8-6-12(16-7-11(8)15)17-13(18)9-4-2-3-5-10(9)14(17)19/h2-3,6-7,9-10H,4-5H2,1H3/t9-,10+. The second kappa shape index (κ2) is 4.56. The van der Waals surface area contributed by atoms with Crippen molar-refractivity contribution in [2.45, 2.75) is 19.8 Å². The zero-order valence-electron chi connectivity index (χ0n) is 10.5. The van der Waals surface area contributed by atoms with E-state index in [2.05, 4.69) is 20.9 Å². The molecule has 4 nitrogen and oxygen atoms in total. The first-order valence-corrected chi connectivity index (χ1v) is 7.04. The number of anilines is 1. The number of aryl methyl sites for hydroxylation is 1. The molecule has 98 valence electrons. The number of nitrogens with zero attached hydrogens (tertiary/aromatic N) is 2. The van der Waals surface area contributed by atoms with Crippen LogP contribution < -0.4 is 4.90 Å². The number of hydrogen-bond acceptors (Lipinski definition) is 3. The smallest absolute Gasteiger partial charge is 0.239 e. The molecular weight excluding hydrogens is 308 g/mol. The summed E-state index contributed by atoms with van der Waals surface area (Å²) < 4.78 is 0.870. The molecule has 0 N–H and O–H groups in total. The number of carbonyl (C=O) groups is 2. The molecule has 2 heterocycles. The van der Waals surface area contributed by atoms with Crippen molar-refractivity contribution in [2.75, 3.05) is 4.90 Å². The van der Waals surface area contributed by atoms with Gasteiger partial charge in [0.15, 0.2) is 0 Å². The predicted molar refractivity (Wildman–Crippen MR) is 74.5 cm³/mol. The van der Waals surface area contributed by atoms with E-state index in [1.165, 1.54) is 4.90 Å². The Labute approximate surface area is 119 Å². The molecule has 1 saturated heterocycles. The normalized spacial score (nSPS) is 25.9. The lowest BCUT2D eigenvalue weighted by Crippen LogP contribution is -2.31. The van der Waals surface area contributed by atoms with Crippen LogP contribution in [0, 0.1) is 18.8 Å². The summed E-state index contributed by atoms with van der Waals surface area (Å²) in [7, 11) is 0. The van der Waals surface area contributed by atoms with Crippen LogP contribution in [0.3, 0.4) is 0 Å². The largest absolute Gasteiger partial charge is 0.274 e. The number of allylic oxidation sites excluding steroid dienone is 2. The van der Waals surface area contributed by atoms with Crippen LogP contribution in [0.15, 0.2) is 28.9 Å². The summed E-state index contributed by atoms with van der Waals surface area (Å²) in [4.78, 5) is 30.2. The van der Waals surface area contributed by atoms with Gasteiger partial charge in [-0.2, -0.15) is 0 Å². The van der Waals surface area contributed by atoms with Crippen LogP contribution in [0.4, 0.5) is 5.82 Å². The first kappa shape index (κ1) is 12.5. The van der Waals surface area contributed by atoms with Gasteiger partial charge >= 0.3 is 0 Å². The lowest BCUT2D eigenvalue weighted by atomic mass is 9.85. The van der Waals surface area contributed by atoms with Gasteiger partial charge < -0.3 is 0 Å². The van der Waals surface area contributed by atoms with Gasteiger partial charge in [0.05, 0.1) is 11.8 Å². The van der Waals surface area contributed by atoms with Crippen molar-refractivity contribution in [1.82, 2.24) is 4.98 Å². The molecule has 2 aliphatic rings. The Morgan fingerprint density at radius 1 is 1.21 bits per heavy atom. The number of amides is 2. The van der Waals surface area contributed by atoms with E-state index in [1.807, 2.05) is 19.1 Å². The first-order valence-electron chi connectivity index (χ1n) is 6.24. The van der Waals surface area contributed by atoms with Crippen molar-refractivity contribution in [3.63, 3.8) is 0 Å². The van der Waals surface area contributed by atoms with Crippen molar-refractivity contribution in [3.8, 4) is 0 Å². The third-order valence-corrected chi connectivity index (χ3v) is 4.60. The van der Waals surface area contributed by atoms with Crippen molar-refractivity contribution in [1.29, 1.82) is 0 Å². The van der Waals surface area contributed by atoms with E-state index < -0.39 is 0 Å². The van der Waals surface area contributed by atoms with Gasteiger partial charge in [0.25, 0.3) is 0 Å². The molecule has 1 aliphatic heterocycles. The average molecular weight is 321 g/mol. The number of aromatic nitrogens is 1. The lowest BCUT2D eigenvalue weighted by Gasteiger charge is -2.14. The molecule has 2 amide bonds. The molecule has 3 rings (SSSR count). The molecule has 0 spiro atoms. The zero-order valence-corrected chi connectivity index (χ0v) is 12.1. The molecule has 0 aromatic carbocycles. The third kappa shape index (κ3) is 1.92. The maximum Gasteiger partial charge on any atom is 0.239 e. The molecule has 2 atom stereocenters. The van der Waals surface area contributed by atoms with Gasteiger partial charge in [-0.1, -0.05) is 12.2 Å². The molecule has 0 unspecified atom stereocenters. The van der Waals surface area contributed by atoms with E-state index in [1.54, 1.807) is 12.3 Å². The molecule has 0 saturated carbocycles. The van der Waals surface area contributed by atoms with E-state index in [-0.39, 0.29) is 23.7 Å². The number of fused-ring (bicyclic) bond motifs is 1. The van der Waals surface area contributed by atoms with Crippen LogP contribution in [0.5, 0.6) is 0 Å². The van der Waals surface area contributed by atoms with Gasteiger partial charge in [-0.15, -0.1) is 0 Å². The summed E-state index contributed by atoms with van der Waals surface area (Å²) in [6.07, 6.45) is 6.90. The van der Waals surface area contributed by atoms with Crippen molar-refractivity contribution in [3.05, 3.63) is 34.5 Å². The Balaban J connectivity index is 1.99. The lowest BCUT2D eigenvalue weighted by molar-refractivity contribution is -0.122. The average Bonchev–Trinajstić information content (AvgIpc) is 2.66. The summed E-state index contributed by atoms with van der Waals surface area (Å²) in [6.45, 7) is 1.91. The first-order chi connectivity index (χ1) is 9.09. The fourth-order valence-electron chi connectivity index (χ4n) is 2.67. The van der Waals surface area contributed by atoms with Crippen LogP contribution in [0.1, 0.15) is 18.4 Å². The van der Waals surface area contributed by atoms with Gasteiger partial charge in [0, 0.05) is 10.7 Å².